The maximum atomic E-state index is 12.1. The van der Waals surface area contributed by atoms with E-state index in [1.807, 2.05) is 6.92 Å². The molecule has 1 N–H and O–H groups in total. The predicted octanol–water partition coefficient (Wildman–Crippen LogP) is 2.88. The quantitative estimate of drug-likeness (QED) is 0.580. The van der Waals surface area contributed by atoms with Gasteiger partial charge in [0.15, 0.2) is 11.5 Å². The number of ether oxygens (including phenoxy) is 4. The fraction of sp³-hybridized carbons (Fsp3) is 0.263. The lowest BCUT2D eigenvalue weighted by Gasteiger charge is -2.11. The van der Waals surface area contributed by atoms with Crippen molar-refractivity contribution in [3.8, 4) is 23.0 Å². The van der Waals surface area contributed by atoms with Gasteiger partial charge in [-0.25, -0.2) is 5.43 Å². The molecule has 0 atom stereocenters. The molecule has 7 nitrogen and oxygen atoms in total. The Balaban J connectivity index is 2.10. The first kappa shape index (κ1) is 19.1. The van der Waals surface area contributed by atoms with E-state index in [0.717, 1.165) is 0 Å². The summed E-state index contributed by atoms with van der Waals surface area (Å²) in [6, 6.07) is 10.2. The number of amides is 1. The van der Waals surface area contributed by atoms with Gasteiger partial charge >= 0.3 is 0 Å². The third-order valence-corrected chi connectivity index (χ3v) is 3.53. The highest BCUT2D eigenvalue weighted by Crippen LogP contribution is 2.33. The van der Waals surface area contributed by atoms with Crippen molar-refractivity contribution in [1.82, 2.24) is 5.43 Å². The Bertz CT molecular complexity index is 772. The molecule has 0 heterocycles. The van der Waals surface area contributed by atoms with Crippen LogP contribution in [0.1, 0.15) is 22.8 Å². The lowest BCUT2D eigenvalue weighted by molar-refractivity contribution is 0.0955. The molecule has 0 aromatic heterocycles. The van der Waals surface area contributed by atoms with E-state index in [9.17, 15) is 4.79 Å². The average molecular weight is 358 g/mol. The Hall–Kier alpha value is -3.22. The molecule has 0 fully saturated rings. The second kappa shape index (κ2) is 9.31. The molecule has 0 aliphatic carbocycles. The first-order valence-electron chi connectivity index (χ1n) is 7.99. The second-order valence-corrected chi connectivity index (χ2v) is 5.11. The number of carbonyl (C=O) groups excluding carboxylic acids is 1. The molecule has 2 rings (SSSR count). The molecule has 0 saturated heterocycles. The van der Waals surface area contributed by atoms with Gasteiger partial charge in [-0.3, -0.25) is 4.79 Å². The SMILES string of the molecule is CCOc1ccc(C(=O)N/N=C/c2cc(OC)c(OC)cc2OC)cc1. The van der Waals surface area contributed by atoms with Crippen LogP contribution in [0.4, 0.5) is 0 Å². The Morgan fingerprint density at radius 2 is 1.62 bits per heavy atom. The molecule has 0 spiro atoms. The number of hydrazone groups is 1. The van der Waals surface area contributed by atoms with E-state index in [-0.39, 0.29) is 5.91 Å². The summed E-state index contributed by atoms with van der Waals surface area (Å²) < 4.78 is 21.2. The van der Waals surface area contributed by atoms with Gasteiger partial charge in [-0.1, -0.05) is 0 Å². The van der Waals surface area contributed by atoms with Crippen LogP contribution in [0.15, 0.2) is 41.5 Å². The number of methoxy groups -OCH3 is 3. The maximum absolute atomic E-state index is 12.1. The van der Waals surface area contributed by atoms with Crippen LogP contribution in [0.5, 0.6) is 23.0 Å². The molecule has 138 valence electrons. The number of rotatable bonds is 8. The highest BCUT2D eigenvalue weighted by atomic mass is 16.5. The standard InChI is InChI=1S/C19H22N2O5/c1-5-26-15-8-6-13(7-9-15)19(22)21-20-12-14-10-17(24-3)18(25-4)11-16(14)23-2/h6-12H,5H2,1-4H3,(H,21,22)/b20-12+. The van der Waals surface area contributed by atoms with Crippen LogP contribution in [-0.4, -0.2) is 40.1 Å². The summed E-state index contributed by atoms with van der Waals surface area (Å²) in [7, 11) is 4.62. The molecular formula is C19H22N2O5. The molecule has 0 bridgehead atoms. The number of benzene rings is 2. The zero-order valence-electron chi connectivity index (χ0n) is 15.2. The minimum atomic E-state index is -0.330. The zero-order valence-corrected chi connectivity index (χ0v) is 15.2. The minimum absolute atomic E-state index is 0.330. The summed E-state index contributed by atoms with van der Waals surface area (Å²) in [5.74, 6) is 2.00. The van der Waals surface area contributed by atoms with Crippen molar-refractivity contribution in [2.75, 3.05) is 27.9 Å². The normalized spacial score (nSPS) is 10.5. The highest BCUT2D eigenvalue weighted by molar-refractivity contribution is 5.95. The van der Waals surface area contributed by atoms with E-state index in [1.54, 1.807) is 50.6 Å². The van der Waals surface area contributed by atoms with Gasteiger partial charge in [0.1, 0.15) is 11.5 Å². The zero-order chi connectivity index (χ0) is 18.9. The largest absolute Gasteiger partial charge is 0.496 e. The first-order chi connectivity index (χ1) is 12.6. The predicted molar refractivity (Wildman–Crippen MR) is 98.8 cm³/mol. The number of nitrogens with zero attached hydrogens (tertiary/aromatic N) is 1. The molecule has 0 saturated carbocycles. The van der Waals surface area contributed by atoms with Crippen molar-refractivity contribution in [1.29, 1.82) is 0 Å². The monoisotopic (exact) mass is 358 g/mol. The third-order valence-electron chi connectivity index (χ3n) is 3.53. The van der Waals surface area contributed by atoms with Crippen LogP contribution >= 0.6 is 0 Å². The van der Waals surface area contributed by atoms with Gasteiger partial charge in [0, 0.05) is 17.2 Å². The fourth-order valence-corrected chi connectivity index (χ4v) is 2.25. The Morgan fingerprint density at radius 1 is 1.00 bits per heavy atom. The Labute approximate surface area is 152 Å². The summed E-state index contributed by atoms with van der Waals surface area (Å²) in [6.07, 6.45) is 1.48. The van der Waals surface area contributed by atoms with Crippen molar-refractivity contribution in [3.05, 3.63) is 47.5 Å². The summed E-state index contributed by atoms with van der Waals surface area (Å²) in [5.41, 5.74) is 3.59. The highest BCUT2D eigenvalue weighted by Gasteiger charge is 2.11. The van der Waals surface area contributed by atoms with Crippen molar-refractivity contribution in [2.45, 2.75) is 6.92 Å². The number of carbonyl (C=O) groups is 1. The molecule has 7 heteroatoms. The van der Waals surface area contributed by atoms with Crippen LogP contribution in [0.3, 0.4) is 0 Å². The van der Waals surface area contributed by atoms with E-state index in [4.69, 9.17) is 18.9 Å². The number of nitrogens with one attached hydrogen (secondary N) is 1. The third kappa shape index (κ3) is 4.66. The molecule has 1 amide bonds. The molecule has 0 radical (unpaired) electrons. The first-order valence-corrected chi connectivity index (χ1v) is 7.99. The lowest BCUT2D eigenvalue weighted by atomic mass is 10.2. The molecule has 0 aliphatic heterocycles. The molecule has 0 aliphatic rings. The molecule has 0 unspecified atom stereocenters. The van der Waals surface area contributed by atoms with Gasteiger partial charge in [0.2, 0.25) is 0 Å². The van der Waals surface area contributed by atoms with E-state index < -0.39 is 0 Å². The molecule has 26 heavy (non-hydrogen) atoms. The van der Waals surface area contributed by atoms with Crippen molar-refractivity contribution < 1.29 is 23.7 Å². The van der Waals surface area contributed by atoms with Gasteiger partial charge in [0.25, 0.3) is 5.91 Å². The fourth-order valence-electron chi connectivity index (χ4n) is 2.25. The van der Waals surface area contributed by atoms with Crippen molar-refractivity contribution in [3.63, 3.8) is 0 Å². The summed E-state index contributed by atoms with van der Waals surface area (Å²) in [5, 5.41) is 3.98. The van der Waals surface area contributed by atoms with Crippen molar-refractivity contribution in [2.24, 2.45) is 5.10 Å². The van der Waals surface area contributed by atoms with Gasteiger partial charge in [-0.2, -0.15) is 5.10 Å². The molecular weight excluding hydrogens is 336 g/mol. The molecule has 2 aromatic rings. The average Bonchev–Trinajstić information content (AvgIpc) is 2.68. The minimum Gasteiger partial charge on any atom is -0.496 e. The topological polar surface area (TPSA) is 78.4 Å². The van der Waals surface area contributed by atoms with E-state index in [1.165, 1.54) is 13.3 Å². The second-order valence-electron chi connectivity index (χ2n) is 5.11. The van der Waals surface area contributed by atoms with Crippen LogP contribution < -0.4 is 24.4 Å². The van der Waals surface area contributed by atoms with E-state index >= 15 is 0 Å². The summed E-state index contributed by atoms with van der Waals surface area (Å²) in [6.45, 7) is 2.47. The maximum Gasteiger partial charge on any atom is 0.271 e. The number of hydrogen-bond acceptors (Lipinski definition) is 6. The Morgan fingerprint density at radius 3 is 2.19 bits per heavy atom. The summed E-state index contributed by atoms with van der Waals surface area (Å²) >= 11 is 0. The molecule has 2 aromatic carbocycles. The van der Waals surface area contributed by atoms with Crippen LogP contribution in [-0.2, 0) is 0 Å². The van der Waals surface area contributed by atoms with Crippen molar-refractivity contribution >= 4 is 12.1 Å². The van der Waals surface area contributed by atoms with Gasteiger partial charge in [0.05, 0.1) is 34.2 Å². The van der Waals surface area contributed by atoms with Crippen LogP contribution in [0.2, 0.25) is 0 Å². The number of hydrogen-bond donors (Lipinski definition) is 1. The van der Waals surface area contributed by atoms with E-state index in [2.05, 4.69) is 10.5 Å². The Kier molecular flexibility index (Phi) is 6.84. The lowest BCUT2D eigenvalue weighted by Crippen LogP contribution is -2.17. The van der Waals surface area contributed by atoms with Crippen LogP contribution in [0.25, 0.3) is 0 Å². The van der Waals surface area contributed by atoms with E-state index in [0.29, 0.717) is 40.7 Å². The summed E-state index contributed by atoms with van der Waals surface area (Å²) in [4.78, 5) is 12.1. The van der Waals surface area contributed by atoms with Crippen LogP contribution in [0, 0.1) is 0 Å². The van der Waals surface area contributed by atoms with Gasteiger partial charge in [-0.15, -0.1) is 0 Å². The smallest absolute Gasteiger partial charge is 0.271 e. The van der Waals surface area contributed by atoms with Gasteiger partial charge < -0.3 is 18.9 Å². The van der Waals surface area contributed by atoms with Gasteiger partial charge in [-0.05, 0) is 37.3 Å².